The average molecular weight is 350 g/mol. The van der Waals surface area contributed by atoms with Gasteiger partial charge in [0, 0.05) is 28.1 Å². The molecular weight excluding hydrogens is 334 g/mol. The van der Waals surface area contributed by atoms with Crippen molar-refractivity contribution in [2.75, 3.05) is 6.54 Å². The lowest BCUT2D eigenvalue weighted by Gasteiger charge is -2.22. The summed E-state index contributed by atoms with van der Waals surface area (Å²) in [5, 5.41) is 1.07. The fourth-order valence-electron chi connectivity index (χ4n) is 2.91. The van der Waals surface area contributed by atoms with Gasteiger partial charge >= 0.3 is 0 Å². The zero-order valence-electron chi connectivity index (χ0n) is 11.5. The van der Waals surface area contributed by atoms with Gasteiger partial charge in [-0.2, -0.15) is 0 Å². The lowest BCUT2D eigenvalue weighted by Crippen LogP contribution is -2.44. The number of amides is 2. The van der Waals surface area contributed by atoms with E-state index in [2.05, 4.69) is 15.9 Å². The third-order valence-electron chi connectivity index (χ3n) is 3.94. The van der Waals surface area contributed by atoms with Crippen molar-refractivity contribution >= 4 is 38.6 Å². The molecule has 0 saturated carbocycles. The van der Waals surface area contributed by atoms with Crippen LogP contribution in [-0.4, -0.2) is 33.9 Å². The SMILES string of the molecule is NC(=O)[C@H]1CCCN1C(=O)Cn1ccc2cc(Br)ccc21. The number of halogens is 1. The van der Waals surface area contributed by atoms with E-state index in [-0.39, 0.29) is 12.5 Å². The summed E-state index contributed by atoms with van der Waals surface area (Å²) in [6, 6.07) is 7.46. The molecule has 21 heavy (non-hydrogen) atoms. The molecular formula is C15H16BrN3O2. The molecule has 0 aliphatic carbocycles. The second-order valence-electron chi connectivity index (χ2n) is 5.29. The normalized spacial score (nSPS) is 18.3. The molecule has 1 aliphatic rings. The number of carbonyl (C=O) groups excluding carboxylic acids is 2. The Labute approximate surface area is 130 Å². The Morgan fingerprint density at radius 3 is 2.90 bits per heavy atom. The molecule has 1 atom stereocenters. The van der Waals surface area contributed by atoms with Gasteiger partial charge in [-0.25, -0.2) is 0 Å². The van der Waals surface area contributed by atoms with Gasteiger partial charge in [0.25, 0.3) is 0 Å². The van der Waals surface area contributed by atoms with Gasteiger partial charge in [-0.05, 0) is 37.1 Å². The minimum absolute atomic E-state index is 0.0586. The predicted octanol–water partition coefficient (Wildman–Crippen LogP) is 1.88. The van der Waals surface area contributed by atoms with E-state index in [1.165, 1.54) is 0 Å². The molecule has 1 saturated heterocycles. The van der Waals surface area contributed by atoms with Crippen LogP contribution in [0.25, 0.3) is 10.9 Å². The third kappa shape index (κ3) is 2.68. The van der Waals surface area contributed by atoms with Gasteiger partial charge in [0.1, 0.15) is 12.6 Å². The predicted molar refractivity (Wildman–Crippen MR) is 83.6 cm³/mol. The van der Waals surface area contributed by atoms with E-state index in [9.17, 15) is 9.59 Å². The Bertz CT molecular complexity index is 710. The highest BCUT2D eigenvalue weighted by molar-refractivity contribution is 9.10. The minimum Gasteiger partial charge on any atom is -0.368 e. The maximum absolute atomic E-state index is 12.4. The van der Waals surface area contributed by atoms with Crippen molar-refractivity contribution in [2.24, 2.45) is 5.73 Å². The van der Waals surface area contributed by atoms with Crippen LogP contribution in [0.4, 0.5) is 0 Å². The van der Waals surface area contributed by atoms with Crippen molar-refractivity contribution in [3.8, 4) is 0 Å². The highest BCUT2D eigenvalue weighted by Crippen LogP contribution is 2.22. The Kier molecular flexibility index (Phi) is 3.71. The molecule has 5 nitrogen and oxygen atoms in total. The molecule has 1 aliphatic heterocycles. The number of likely N-dealkylation sites (tertiary alicyclic amines) is 1. The van der Waals surface area contributed by atoms with E-state index in [1.54, 1.807) is 4.90 Å². The van der Waals surface area contributed by atoms with Gasteiger partial charge in [-0.3, -0.25) is 9.59 Å². The van der Waals surface area contributed by atoms with Crippen LogP contribution in [0.3, 0.4) is 0 Å². The summed E-state index contributed by atoms with van der Waals surface area (Å²) < 4.78 is 2.91. The topological polar surface area (TPSA) is 68.3 Å². The van der Waals surface area contributed by atoms with Gasteiger partial charge in [0.05, 0.1) is 0 Å². The quantitative estimate of drug-likeness (QED) is 0.918. The van der Waals surface area contributed by atoms with E-state index >= 15 is 0 Å². The molecule has 1 aromatic heterocycles. The van der Waals surface area contributed by atoms with Crippen molar-refractivity contribution in [1.29, 1.82) is 0 Å². The Morgan fingerprint density at radius 1 is 1.33 bits per heavy atom. The van der Waals surface area contributed by atoms with Crippen molar-refractivity contribution in [2.45, 2.75) is 25.4 Å². The maximum atomic E-state index is 12.4. The smallest absolute Gasteiger partial charge is 0.243 e. The molecule has 3 rings (SSSR count). The molecule has 2 N–H and O–H groups in total. The summed E-state index contributed by atoms with van der Waals surface area (Å²) in [5.74, 6) is -0.473. The molecule has 0 unspecified atom stereocenters. The first-order valence-corrected chi connectivity index (χ1v) is 7.69. The van der Waals surface area contributed by atoms with Crippen LogP contribution in [0.15, 0.2) is 34.9 Å². The number of rotatable bonds is 3. The number of primary amides is 1. The molecule has 0 bridgehead atoms. The van der Waals surface area contributed by atoms with Gasteiger partial charge in [0.2, 0.25) is 11.8 Å². The van der Waals surface area contributed by atoms with Crippen LogP contribution >= 0.6 is 15.9 Å². The number of carbonyl (C=O) groups is 2. The second-order valence-corrected chi connectivity index (χ2v) is 6.21. The standard InChI is InChI=1S/C15H16BrN3O2/c16-11-3-4-12-10(8-11)5-7-18(12)9-14(20)19-6-1-2-13(19)15(17)21/h3-5,7-8,13H,1-2,6,9H2,(H2,17,21)/t13-/m1/s1. The summed E-state index contributed by atoms with van der Waals surface area (Å²) in [6.45, 7) is 0.839. The van der Waals surface area contributed by atoms with E-state index in [4.69, 9.17) is 5.73 Å². The molecule has 1 aromatic carbocycles. The van der Waals surface area contributed by atoms with Crippen molar-refractivity contribution < 1.29 is 9.59 Å². The van der Waals surface area contributed by atoms with Crippen LogP contribution in [0.5, 0.6) is 0 Å². The largest absolute Gasteiger partial charge is 0.368 e. The van der Waals surface area contributed by atoms with E-state index < -0.39 is 11.9 Å². The average Bonchev–Trinajstić information content (AvgIpc) is 3.05. The summed E-state index contributed by atoms with van der Waals surface area (Å²) in [4.78, 5) is 25.4. The molecule has 1 fully saturated rings. The number of benzene rings is 1. The monoisotopic (exact) mass is 349 g/mol. The van der Waals surface area contributed by atoms with Gasteiger partial charge < -0.3 is 15.2 Å². The number of nitrogens with two attached hydrogens (primary N) is 1. The Balaban J connectivity index is 1.82. The van der Waals surface area contributed by atoms with Crippen LogP contribution in [0.1, 0.15) is 12.8 Å². The molecule has 110 valence electrons. The zero-order chi connectivity index (χ0) is 15.0. The maximum Gasteiger partial charge on any atom is 0.243 e. The van der Waals surface area contributed by atoms with Crippen LogP contribution in [0.2, 0.25) is 0 Å². The van der Waals surface area contributed by atoms with Crippen LogP contribution in [-0.2, 0) is 16.1 Å². The molecule has 0 spiro atoms. The first kappa shape index (κ1) is 14.1. The minimum atomic E-state index is -0.450. The molecule has 2 heterocycles. The molecule has 2 aromatic rings. The Hall–Kier alpha value is -1.82. The van der Waals surface area contributed by atoms with Gasteiger partial charge in [0.15, 0.2) is 0 Å². The first-order chi connectivity index (χ1) is 10.1. The first-order valence-electron chi connectivity index (χ1n) is 6.89. The summed E-state index contributed by atoms with van der Waals surface area (Å²) in [6.07, 6.45) is 3.39. The third-order valence-corrected chi connectivity index (χ3v) is 4.43. The van der Waals surface area contributed by atoms with E-state index in [1.807, 2.05) is 35.0 Å². The van der Waals surface area contributed by atoms with Crippen molar-refractivity contribution in [3.05, 3.63) is 34.9 Å². The number of aromatic nitrogens is 1. The van der Waals surface area contributed by atoms with E-state index in [0.29, 0.717) is 13.0 Å². The fourth-order valence-corrected chi connectivity index (χ4v) is 3.29. The zero-order valence-corrected chi connectivity index (χ0v) is 13.0. The second kappa shape index (κ2) is 5.52. The number of hydrogen-bond donors (Lipinski definition) is 1. The summed E-state index contributed by atoms with van der Waals surface area (Å²) >= 11 is 3.43. The number of fused-ring (bicyclic) bond motifs is 1. The fraction of sp³-hybridized carbons (Fsp3) is 0.333. The molecule has 0 radical (unpaired) electrons. The van der Waals surface area contributed by atoms with E-state index in [0.717, 1.165) is 21.8 Å². The Morgan fingerprint density at radius 2 is 2.14 bits per heavy atom. The van der Waals surface area contributed by atoms with Gasteiger partial charge in [-0.15, -0.1) is 0 Å². The lowest BCUT2D eigenvalue weighted by atomic mass is 10.2. The summed E-state index contributed by atoms with van der Waals surface area (Å²) in [5.41, 5.74) is 6.36. The van der Waals surface area contributed by atoms with Crippen LogP contribution in [0, 0.1) is 0 Å². The molecule has 2 amide bonds. The van der Waals surface area contributed by atoms with Crippen molar-refractivity contribution in [1.82, 2.24) is 9.47 Å². The van der Waals surface area contributed by atoms with Crippen LogP contribution < -0.4 is 5.73 Å². The molecule has 6 heteroatoms. The van der Waals surface area contributed by atoms with Gasteiger partial charge in [-0.1, -0.05) is 15.9 Å². The van der Waals surface area contributed by atoms with Crippen molar-refractivity contribution in [3.63, 3.8) is 0 Å². The number of nitrogens with zero attached hydrogens (tertiary/aromatic N) is 2. The summed E-state index contributed by atoms with van der Waals surface area (Å²) in [7, 11) is 0. The lowest BCUT2D eigenvalue weighted by molar-refractivity contribution is -0.137. The number of hydrogen-bond acceptors (Lipinski definition) is 2. The highest BCUT2D eigenvalue weighted by atomic mass is 79.9. The highest BCUT2D eigenvalue weighted by Gasteiger charge is 2.32.